The predicted octanol–water partition coefficient (Wildman–Crippen LogP) is 3.15. The molecule has 0 aliphatic carbocycles. The van der Waals surface area contributed by atoms with Gasteiger partial charge < -0.3 is 14.9 Å². The number of amides is 1. The summed E-state index contributed by atoms with van der Waals surface area (Å²) < 4.78 is 3.47. The number of hydrogen-bond acceptors (Lipinski definition) is 4. The molecule has 0 aliphatic heterocycles. The minimum atomic E-state index is -0.610. The minimum Gasteiger partial charge on any atom is -0.363 e. The highest BCUT2D eigenvalue weighted by Gasteiger charge is 2.12. The first-order valence-corrected chi connectivity index (χ1v) is 10.4. The molecule has 4 aromatic rings. The number of hydrogen-bond donors (Lipinski definition) is 1. The van der Waals surface area contributed by atoms with E-state index in [4.69, 9.17) is 5.73 Å². The highest BCUT2D eigenvalue weighted by atomic mass is 16.1. The van der Waals surface area contributed by atoms with Crippen LogP contribution in [0.5, 0.6) is 0 Å². The number of nitrogens with zero attached hydrogens (tertiary/aromatic N) is 4. The molecule has 7 heteroatoms. The molecule has 0 saturated heterocycles. The highest BCUT2D eigenvalue weighted by molar-refractivity contribution is 5.98. The molecular formula is C26H23N5O2. The molecule has 33 heavy (non-hydrogen) atoms. The lowest BCUT2D eigenvalue weighted by Crippen LogP contribution is -2.17. The van der Waals surface area contributed by atoms with Crippen LogP contribution in [0.15, 0.2) is 61.3 Å². The molecule has 0 saturated carbocycles. The number of imidazole rings is 2. The third kappa shape index (κ3) is 4.75. The fourth-order valence-corrected chi connectivity index (χ4v) is 3.61. The molecule has 0 bridgehead atoms. The van der Waals surface area contributed by atoms with Gasteiger partial charge in [-0.3, -0.25) is 9.59 Å². The maximum Gasteiger partial charge on any atom is 0.284 e. The van der Waals surface area contributed by atoms with Gasteiger partial charge in [0.25, 0.3) is 5.91 Å². The second-order valence-corrected chi connectivity index (χ2v) is 7.92. The Labute approximate surface area is 191 Å². The number of benzene rings is 2. The summed E-state index contributed by atoms with van der Waals surface area (Å²) >= 11 is 0. The van der Waals surface area contributed by atoms with Crippen LogP contribution in [-0.4, -0.2) is 30.8 Å². The van der Waals surface area contributed by atoms with E-state index in [2.05, 4.69) is 27.9 Å². The van der Waals surface area contributed by atoms with Crippen molar-refractivity contribution < 1.29 is 9.59 Å². The van der Waals surface area contributed by atoms with E-state index >= 15 is 0 Å². The second-order valence-electron chi connectivity index (χ2n) is 7.92. The molecule has 2 N–H and O–H groups in total. The van der Waals surface area contributed by atoms with E-state index in [1.165, 1.54) is 6.20 Å². The second kappa shape index (κ2) is 8.97. The quantitative estimate of drug-likeness (QED) is 0.383. The van der Waals surface area contributed by atoms with Crippen molar-refractivity contribution in [2.75, 3.05) is 0 Å². The zero-order valence-corrected chi connectivity index (χ0v) is 18.7. The van der Waals surface area contributed by atoms with Crippen molar-refractivity contribution in [3.63, 3.8) is 0 Å². The lowest BCUT2D eigenvalue weighted by molar-refractivity contribution is 0.0981. The van der Waals surface area contributed by atoms with Gasteiger partial charge in [-0.15, -0.1) is 0 Å². The SMILES string of the molecule is Cc1cc(CC(=O)c2ccc(C)c(C#Cc3cnc(C(N)=O)n3C)c2)cc(-n2ccnc2)c1. The average Bonchev–Trinajstić information content (AvgIpc) is 3.43. The number of carbonyl (C=O) groups is 2. The van der Waals surface area contributed by atoms with Gasteiger partial charge in [0.05, 0.1) is 12.5 Å². The van der Waals surface area contributed by atoms with Crippen molar-refractivity contribution >= 4 is 11.7 Å². The van der Waals surface area contributed by atoms with E-state index in [1.54, 1.807) is 24.1 Å². The third-order valence-electron chi connectivity index (χ3n) is 5.38. The zero-order chi connectivity index (χ0) is 23.5. The van der Waals surface area contributed by atoms with Crippen molar-refractivity contribution in [1.29, 1.82) is 0 Å². The van der Waals surface area contributed by atoms with Crippen LogP contribution in [0, 0.1) is 25.7 Å². The normalized spacial score (nSPS) is 10.5. The molecule has 0 atom stereocenters. The number of ketones is 1. The molecule has 2 heterocycles. The van der Waals surface area contributed by atoms with Gasteiger partial charge in [-0.25, -0.2) is 9.97 Å². The van der Waals surface area contributed by atoms with Crippen molar-refractivity contribution in [3.8, 4) is 17.5 Å². The molecule has 2 aromatic heterocycles. The molecule has 1 amide bonds. The molecule has 0 fully saturated rings. The van der Waals surface area contributed by atoms with Crippen LogP contribution in [-0.2, 0) is 13.5 Å². The predicted molar refractivity (Wildman–Crippen MR) is 125 cm³/mol. The van der Waals surface area contributed by atoms with Gasteiger partial charge in [-0.2, -0.15) is 0 Å². The minimum absolute atomic E-state index is 0.0109. The van der Waals surface area contributed by atoms with E-state index in [0.717, 1.165) is 27.9 Å². The number of primary amides is 1. The van der Waals surface area contributed by atoms with Gasteiger partial charge in [0, 0.05) is 42.7 Å². The first-order chi connectivity index (χ1) is 15.8. The topological polar surface area (TPSA) is 95.8 Å². The Hall–Kier alpha value is -4.44. The van der Waals surface area contributed by atoms with E-state index in [9.17, 15) is 9.59 Å². The lowest BCUT2D eigenvalue weighted by atomic mass is 9.98. The summed E-state index contributed by atoms with van der Waals surface area (Å²) in [5.41, 5.74) is 11.1. The van der Waals surface area contributed by atoms with Gasteiger partial charge in [0.1, 0.15) is 5.69 Å². The molecule has 0 aliphatic rings. The van der Waals surface area contributed by atoms with E-state index in [0.29, 0.717) is 11.3 Å². The third-order valence-corrected chi connectivity index (χ3v) is 5.38. The van der Waals surface area contributed by atoms with Crippen LogP contribution in [0.4, 0.5) is 0 Å². The maximum absolute atomic E-state index is 13.1. The molecule has 4 rings (SSSR count). The van der Waals surface area contributed by atoms with E-state index < -0.39 is 5.91 Å². The molecule has 0 radical (unpaired) electrons. The molecular weight excluding hydrogens is 414 g/mol. The van der Waals surface area contributed by atoms with Gasteiger partial charge in [-0.05, 0) is 54.7 Å². The maximum atomic E-state index is 13.1. The zero-order valence-electron chi connectivity index (χ0n) is 18.7. The molecule has 164 valence electrons. The summed E-state index contributed by atoms with van der Waals surface area (Å²) in [4.78, 5) is 32.5. The molecule has 0 spiro atoms. The number of carbonyl (C=O) groups excluding carboxylic acids is 2. The summed E-state index contributed by atoms with van der Waals surface area (Å²) in [5.74, 6) is 5.66. The molecule has 7 nitrogen and oxygen atoms in total. The van der Waals surface area contributed by atoms with Crippen molar-refractivity contribution in [2.45, 2.75) is 20.3 Å². The van der Waals surface area contributed by atoms with Gasteiger partial charge >= 0.3 is 0 Å². The summed E-state index contributed by atoms with van der Waals surface area (Å²) in [7, 11) is 1.68. The van der Waals surface area contributed by atoms with Gasteiger partial charge in [0.2, 0.25) is 0 Å². The summed E-state index contributed by atoms with van der Waals surface area (Å²) in [6.45, 7) is 3.95. The fraction of sp³-hybridized carbons (Fsp3) is 0.154. The van der Waals surface area contributed by atoms with Crippen LogP contribution >= 0.6 is 0 Å². The van der Waals surface area contributed by atoms with Crippen LogP contribution in [0.2, 0.25) is 0 Å². The first-order valence-electron chi connectivity index (χ1n) is 10.4. The summed E-state index contributed by atoms with van der Waals surface area (Å²) in [5, 5.41) is 0. The first kappa shape index (κ1) is 21.8. The van der Waals surface area contributed by atoms with Crippen LogP contribution in [0.25, 0.3) is 5.69 Å². The highest BCUT2D eigenvalue weighted by Crippen LogP contribution is 2.18. The Morgan fingerprint density at radius 1 is 1.09 bits per heavy atom. The number of nitrogens with two attached hydrogens (primary N) is 1. The van der Waals surface area contributed by atoms with Gasteiger partial charge in [-0.1, -0.05) is 24.1 Å². The Kier molecular flexibility index (Phi) is 5.92. The smallest absolute Gasteiger partial charge is 0.284 e. The van der Waals surface area contributed by atoms with E-state index in [1.807, 2.05) is 54.9 Å². The molecule has 0 unspecified atom stereocenters. The van der Waals surface area contributed by atoms with Gasteiger partial charge in [0.15, 0.2) is 11.6 Å². The number of aryl methyl sites for hydroxylation is 2. The Morgan fingerprint density at radius 3 is 2.61 bits per heavy atom. The fourth-order valence-electron chi connectivity index (χ4n) is 3.61. The number of Topliss-reactive ketones (excluding diaryl/α,β-unsaturated/α-hetero) is 1. The van der Waals surface area contributed by atoms with Crippen LogP contribution < -0.4 is 5.73 Å². The Bertz CT molecular complexity index is 1420. The molecule has 2 aromatic carbocycles. The Balaban J connectivity index is 1.59. The van der Waals surface area contributed by atoms with Crippen molar-refractivity contribution in [1.82, 2.24) is 19.1 Å². The van der Waals surface area contributed by atoms with Crippen LogP contribution in [0.3, 0.4) is 0 Å². The largest absolute Gasteiger partial charge is 0.363 e. The summed E-state index contributed by atoms with van der Waals surface area (Å²) in [6.07, 6.45) is 7.12. The van der Waals surface area contributed by atoms with E-state index in [-0.39, 0.29) is 18.0 Å². The number of aromatic nitrogens is 4. The lowest BCUT2D eigenvalue weighted by Gasteiger charge is -2.09. The number of rotatable bonds is 5. The Morgan fingerprint density at radius 2 is 1.91 bits per heavy atom. The average molecular weight is 438 g/mol. The van der Waals surface area contributed by atoms with Crippen LogP contribution in [0.1, 0.15) is 48.9 Å². The summed E-state index contributed by atoms with van der Waals surface area (Å²) in [6, 6.07) is 11.6. The van der Waals surface area contributed by atoms with Crippen molar-refractivity contribution in [2.24, 2.45) is 12.8 Å². The monoisotopic (exact) mass is 437 g/mol. The van der Waals surface area contributed by atoms with Crippen molar-refractivity contribution in [3.05, 3.63) is 101 Å². The standard InChI is InChI=1S/C26H23N5O2/c1-17-10-19(12-23(11-17)31-9-8-28-16-31)13-24(32)21-5-4-18(2)20(14-21)6-7-22-15-29-26(25(27)33)30(22)3/h4-5,8-12,14-16H,13H2,1-3H3,(H2,27,33).